The van der Waals surface area contributed by atoms with Crippen molar-refractivity contribution < 1.29 is 19.4 Å². The molecule has 0 bridgehead atoms. The highest BCUT2D eigenvalue weighted by atomic mass is 16.5. The Morgan fingerprint density at radius 1 is 0.920 bits per heavy atom. The number of esters is 1. The molecule has 0 heterocycles. The summed E-state index contributed by atoms with van der Waals surface area (Å²) in [7, 11) is 0. The first-order valence-electron chi connectivity index (χ1n) is 10.2. The van der Waals surface area contributed by atoms with Crippen molar-refractivity contribution in [1.29, 1.82) is 0 Å². The SMILES string of the molecule is C/C=C/CCCCCCCCCCOC(=O)C1CCCCC1C(=O)O. The van der Waals surface area contributed by atoms with E-state index < -0.39 is 17.8 Å². The van der Waals surface area contributed by atoms with Gasteiger partial charge >= 0.3 is 11.9 Å². The number of carbonyl (C=O) groups is 2. The molecule has 1 rings (SSSR count). The smallest absolute Gasteiger partial charge is 0.309 e. The van der Waals surface area contributed by atoms with Crippen molar-refractivity contribution >= 4 is 11.9 Å². The molecule has 0 aromatic rings. The third kappa shape index (κ3) is 9.66. The summed E-state index contributed by atoms with van der Waals surface area (Å²) in [6, 6.07) is 0. The highest BCUT2D eigenvalue weighted by Gasteiger charge is 2.36. The molecule has 1 N–H and O–H groups in total. The van der Waals surface area contributed by atoms with Gasteiger partial charge in [-0.15, -0.1) is 0 Å². The third-order valence-electron chi connectivity index (χ3n) is 5.13. The molecule has 1 aliphatic rings. The molecule has 0 amide bonds. The first-order valence-corrected chi connectivity index (χ1v) is 10.2. The molecular weight excluding hydrogens is 316 g/mol. The van der Waals surface area contributed by atoms with Crippen LogP contribution in [0.25, 0.3) is 0 Å². The number of hydrogen-bond donors (Lipinski definition) is 1. The predicted molar refractivity (Wildman–Crippen MR) is 100 cm³/mol. The van der Waals surface area contributed by atoms with Gasteiger partial charge in [-0.1, -0.05) is 63.5 Å². The highest BCUT2D eigenvalue weighted by Crippen LogP contribution is 2.31. The maximum absolute atomic E-state index is 12.1. The monoisotopic (exact) mass is 352 g/mol. The van der Waals surface area contributed by atoms with E-state index in [2.05, 4.69) is 19.1 Å². The summed E-state index contributed by atoms with van der Waals surface area (Å²) >= 11 is 0. The van der Waals surface area contributed by atoms with Crippen LogP contribution in [0.4, 0.5) is 0 Å². The zero-order chi connectivity index (χ0) is 18.3. The fourth-order valence-corrected chi connectivity index (χ4v) is 3.58. The lowest BCUT2D eigenvalue weighted by molar-refractivity contribution is -0.159. The van der Waals surface area contributed by atoms with Gasteiger partial charge in [-0.25, -0.2) is 0 Å². The van der Waals surface area contributed by atoms with Crippen LogP contribution < -0.4 is 0 Å². The number of carbonyl (C=O) groups excluding carboxylic acids is 1. The van der Waals surface area contributed by atoms with Crippen LogP contribution in [0.1, 0.15) is 90.4 Å². The highest BCUT2D eigenvalue weighted by molar-refractivity contribution is 5.81. The third-order valence-corrected chi connectivity index (χ3v) is 5.13. The van der Waals surface area contributed by atoms with E-state index in [1.54, 1.807) is 0 Å². The normalized spacial score (nSPS) is 20.7. The minimum Gasteiger partial charge on any atom is -0.481 e. The summed E-state index contributed by atoms with van der Waals surface area (Å²) in [4.78, 5) is 23.3. The maximum atomic E-state index is 12.1. The number of carboxylic acids is 1. The van der Waals surface area contributed by atoms with Crippen molar-refractivity contribution in [3.63, 3.8) is 0 Å². The summed E-state index contributed by atoms with van der Waals surface area (Å²) in [5.41, 5.74) is 0. The van der Waals surface area contributed by atoms with Crippen molar-refractivity contribution in [3.8, 4) is 0 Å². The van der Waals surface area contributed by atoms with E-state index in [4.69, 9.17) is 4.74 Å². The van der Waals surface area contributed by atoms with E-state index in [1.807, 2.05) is 0 Å². The van der Waals surface area contributed by atoms with Crippen molar-refractivity contribution in [2.24, 2.45) is 11.8 Å². The van der Waals surface area contributed by atoms with Crippen molar-refractivity contribution in [2.45, 2.75) is 90.4 Å². The zero-order valence-corrected chi connectivity index (χ0v) is 15.9. The molecule has 2 unspecified atom stereocenters. The molecular formula is C21H36O4. The fraction of sp³-hybridized carbons (Fsp3) is 0.810. The Hall–Kier alpha value is -1.32. The largest absolute Gasteiger partial charge is 0.481 e. The van der Waals surface area contributed by atoms with Gasteiger partial charge in [-0.2, -0.15) is 0 Å². The van der Waals surface area contributed by atoms with Crippen LogP contribution >= 0.6 is 0 Å². The van der Waals surface area contributed by atoms with Gasteiger partial charge in [0, 0.05) is 0 Å². The zero-order valence-electron chi connectivity index (χ0n) is 15.9. The molecule has 1 saturated carbocycles. The van der Waals surface area contributed by atoms with E-state index in [1.165, 1.54) is 44.9 Å². The van der Waals surface area contributed by atoms with Gasteiger partial charge in [0.05, 0.1) is 18.4 Å². The van der Waals surface area contributed by atoms with E-state index in [0.29, 0.717) is 19.4 Å². The molecule has 0 saturated heterocycles. The Labute approximate surface area is 153 Å². The Kier molecular flexibility index (Phi) is 12.1. The van der Waals surface area contributed by atoms with Gasteiger partial charge < -0.3 is 9.84 Å². The molecule has 0 spiro atoms. The molecule has 2 atom stereocenters. The van der Waals surface area contributed by atoms with E-state index in [0.717, 1.165) is 25.7 Å². The summed E-state index contributed by atoms with van der Waals surface area (Å²) in [5.74, 6) is -2.14. The van der Waals surface area contributed by atoms with Gasteiger partial charge in [0.25, 0.3) is 0 Å². The summed E-state index contributed by atoms with van der Waals surface area (Å²) in [6.45, 7) is 2.50. The minimum atomic E-state index is -0.854. The molecule has 1 fully saturated rings. The second kappa shape index (κ2) is 13.9. The van der Waals surface area contributed by atoms with Gasteiger partial charge in [-0.05, 0) is 39.0 Å². The van der Waals surface area contributed by atoms with Gasteiger partial charge in [0.15, 0.2) is 0 Å². The topological polar surface area (TPSA) is 63.6 Å². The summed E-state index contributed by atoms with van der Waals surface area (Å²) in [5, 5.41) is 9.22. The predicted octanol–water partition coefficient (Wildman–Crippen LogP) is 5.51. The number of carboxylic acid groups (broad SMARTS) is 1. The Morgan fingerprint density at radius 3 is 2.08 bits per heavy atom. The van der Waals surface area contributed by atoms with Crippen LogP contribution in [0.2, 0.25) is 0 Å². The van der Waals surface area contributed by atoms with Crippen molar-refractivity contribution in [1.82, 2.24) is 0 Å². The number of rotatable bonds is 13. The van der Waals surface area contributed by atoms with E-state index >= 15 is 0 Å². The van der Waals surface area contributed by atoms with Gasteiger partial charge in [0.2, 0.25) is 0 Å². The Bertz CT molecular complexity index is 403. The molecule has 4 nitrogen and oxygen atoms in total. The van der Waals surface area contributed by atoms with Crippen LogP contribution in [0.15, 0.2) is 12.2 Å². The second-order valence-electron chi connectivity index (χ2n) is 7.19. The van der Waals surface area contributed by atoms with Crippen LogP contribution in [-0.4, -0.2) is 23.7 Å². The number of hydrogen-bond acceptors (Lipinski definition) is 3. The standard InChI is InChI=1S/C21H36O4/c1-2-3-4-5-6-7-8-9-10-11-14-17-25-21(24)19-16-13-12-15-18(19)20(22)23/h2-3,18-19H,4-17H2,1H3,(H,22,23)/b3-2+. The second-order valence-corrected chi connectivity index (χ2v) is 7.19. The summed E-state index contributed by atoms with van der Waals surface area (Å²) < 4.78 is 5.34. The van der Waals surface area contributed by atoms with E-state index in [-0.39, 0.29) is 5.97 Å². The first kappa shape index (κ1) is 21.7. The first-order chi connectivity index (χ1) is 12.2. The molecule has 144 valence electrons. The van der Waals surface area contributed by atoms with Crippen LogP contribution in [0.3, 0.4) is 0 Å². The fourth-order valence-electron chi connectivity index (χ4n) is 3.58. The van der Waals surface area contributed by atoms with Crippen LogP contribution in [0, 0.1) is 11.8 Å². The number of allylic oxidation sites excluding steroid dienone is 2. The van der Waals surface area contributed by atoms with Crippen molar-refractivity contribution in [3.05, 3.63) is 12.2 Å². The van der Waals surface area contributed by atoms with Crippen LogP contribution in [0.5, 0.6) is 0 Å². The summed E-state index contributed by atoms with van der Waals surface area (Å²) in [6.07, 6.45) is 18.2. The molecule has 0 radical (unpaired) electrons. The maximum Gasteiger partial charge on any atom is 0.309 e. The lowest BCUT2D eigenvalue weighted by Gasteiger charge is -2.26. The lowest BCUT2D eigenvalue weighted by atomic mass is 9.79. The van der Waals surface area contributed by atoms with Gasteiger partial charge in [-0.3, -0.25) is 9.59 Å². The van der Waals surface area contributed by atoms with Crippen LogP contribution in [-0.2, 0) is 14.3 Å². The molecule has 1 aliphatic carbocycles. The number of aliphatic carboxylic acids is 1. The molecule has 0 aliphatic heterocycles. The Morgan fingerprint density at radius 2 is 1.48 bits per heavy atom. The average Bonchev–Trinajstić information content (AvgIpc) is 2.62. The quantitative estimate of drug-likeness (QED) is 0.270. The van der Waals surface area contributed by atoms with Crippen molar-refractivity contribution in [2.75, 3.05) is 6.61 Å². The minimum absolute atomic E-state index is 0.298. The molecule has 4 heteroatoms. The molecule has 25 heavy (non-hydrogen) atoms. The lowest BCUT2D eigenvalue weighted by Crippen LogP contribution is -2.33. The average molecular weight is 353 g/mol. The molecule has 0 aromatic heterocycles. The number of ether oxygens (including phenoxy) is 1. The Balaban J connectivity index is 1.98. The molecule has 0 aromatic carbocycles. The van der Waals surface area contributed by atoms with E-state index in [9.17, 15) is 14.7 Å². The number of unbranched alkanes of at least 4 members (excludes halogenated alkanes) is 8. The van der Waals surface area contributed by atoms with Gasteiger partial charge in [0.1, 0.15) is 0 Å².